The fourth-order valence-electron chi connectivity index (χ4n) is 2.35. The van der Waals surface area contributed by atoms with E-state index in [1.807, 2.05) is 0 Å². The van der Waals surface area contributed by atoms with Crippen molar-refractivity contribution in [1.82, 2.24) is 9.97 Å². The summed E-state index contributed by atoms with van der Waals surface area (Å²) in [6.07, 6.45) is 3.72. The largest absolute Gasteiger partial charge is 0.493 e. The molecular formula is C20H25N3O5. The molecule has 0 amide bonds. The van der Waals surface area contributed by atoms with Gasteiger partial charge >= 0.3 is 5.97 Å². The molecule has 0 bridgehead atoms. The van der Waals surface area contributed by atoms with Gasteiger partial charge in [-0.15, -0.1) is 0 Å². The monoisotopic (exact) mass is 387 g/mol. The van der Waals surface area contributed by atoms with E-state index in [1.54, 1.807) is 57.2 Å². The Hall–Kier alpha value is -2.97. The Bertz CT molecular complexity index is 865. The number of H-pyrrole nitrogens is 1. The van der Waals surface area contributed by atoms with Crippen LogP contribution >= 0.6 is 0 Å². The van der Waals surface area contributed by atoms with Crippen LogP contribution in [0.25, 0.3) is 6.08 Å². The summed E-state index contributed by atoms with van der Waals surface area (Å²) >= 11 is 0. The van der Waals surface area contributed by atoms with E-state index in [4.69, 9.17) is 20.0 Å². The molecule has 1 heterocycles. The maximum atomic E-state index is 11.0. The molecule has 1 aromatic carbocycles. The number of aromatic amines is 1. The molecule has 28 heavy (non-hydrogen) atoms. The second-order valence-corrected chi connectivity index (χ2v) is 6.67. The van der Waals surface area contributed by atoms with Crippen molar-refractivity contribution in [3.63, 3.8) is 0 Å². The number of hydrogen-bond donors (Lipinski definition) is 4. The van der Waals surface area contributed by atoms with Gasteiger partial charge in [-0.3, -0.25) is 0 Å². The van der Waals surface area contributed by atoms with Crippen LogP contribution < -0.4 is 4.74 Å². The number of carbonyl (C=O) groups is 1. The number of imidazole rings is 1. The molecule has 0 aliphatic carbocycles. The van der Waals surface area contributed by atoms with Crippen molar-refractivity contribution in [2.75, 3.05) is 13.2 Å². The van der Waals surface area contributed by atoms with Gasteiger partial charge in [-0.1, -0.05) is 12.1 Å². The fraction of sp³-hybridized carbons (Fsp3) is 0.350. The molecule has 0 spiro atoms. The van der Waals surface area contributed by atoms with Crippen LogP contribution in [0.4, 0.5) is 0 Å². The van der Waals surface area contributed by atoms with Crippen LogP contribution in [0.15, 0.2) is 30.3 Å². The van der Waals surface area contributed by atoms with Crippen LogP contribution in [0, 0.1) is 12.3 Å². The molecule has 150 valence electrons. The average Bonchev–Trinajstić information content (AvgIpc) is 2.99. The molecule has 2 rings (SSSR count). The minimum absolute atomic E-state index is 0.0323. The summed E-state index contributed by atoms with van der Waals surface area (Å²) in [5.74, 6) is -1.25. The number of carboxylic acid groups (broad SMARTS) is 1. The molecule has 8 nitrogen and oxygen atoms in total. The van der Waals surface area contributed by atoms with E-state index < -0.39 is 11.8 Å². The van der Waals surface area contributed by atoms with Crippen LogP contribution in [-0.4, -0.2) is 50.9 Å². The van der Waals surface area contributed by atoms with E-state index in [1.165, 1.54) is 0 Å². The number of rotatable bonds is 10. The van der Waals surface area contributed by atoms with Gasteiger partial charge in [-0.2, -0.15) is 0 Å². The van der Waals surface area contributed by atoms with Crippen LogP contribution in [-0.2, 0) is 4.74 Å². The van der Waals surface area contributed by atoms with Crippen molar-refractivity contribution in [3.8, 4) is 5.75 Å². The molecule has 2 aromatic rings. The summed E-state index contributed by atoms with van der Waals surface area (Å²) in [5, 5.41) is 26.7. The zero-order chi connectivity index (χ0) is 20.7. The number of aryl methyl sites for hydroxylation is 1. The van der Waals surface area contributed by atoms with Crippen LogP contribution in [0.1, 0.15) is 47.8 Å². The van der Waals surface area contributed by atoms with Crippen molar-refractivity contribution in [2.24, 2.45) is 0 Å². The lowest BCUT2D eigenvalue weighted by Crippen LogP contribution is -2.24. The molecule has 0 fully saturated rings. The highest BCUT2D eigenvalue weighted by atomic mass is 16.6. The molecule has 0 atom stereocenters. The quantitative estimate of drug-likeness (QED) is 0.282. The average molecular weight is 387 g/mol. The second kappa shape index (κ2) is 9.29. The highest BCUT2D eigenvalue weighted by Crippen LogP contribution is 2.15. The smallest absolute Gasteiger partial charge is 0.356 e. The van der Waals surface area contributed by atoms with E-state index in [0.29, 0.717) is 42.5 Å². The molecule has 0 aliphatic heterocycles. The van der Waals surface area contributed by atoms with E-state index in [2.05, 4.69) is 9.97 Å². The third-order valence-corrected chi connectivity index (χ3v) is 3.67. The van der Waals surface area contributed by atoms with Gasteiger partial charge in [-0.05, 0) is 45.1 Å². The summed E-state index contributed by atoms with van der Waals surface area (Å²) < 4.78 is 10.9. The number of aliphatic hydroxyl groups is 1. The first-order valence-corrected chi connectivity index (χ1v) is 8.82. The molecule has 0 saturated heterocycles. The second-order valence-electron chi connectivity index (χ2n) is 6.67. The minimum atomic E-state index is -1.15. The first kappa shape index (κ1) is 21.3. The van der Waals surface area contributed by atoms with E-state index in [-0.39, 0.29) is 11.4 Å². The van der Waals surface area contributed by atoms with E-state index in [9.17, 15) is 9.90 Å². The van der Waals surface area contributed by atoms with Crippen molar-refractivity contribution in [3.05, 3.63) is 53.1 Å². The van der Waals surface area contributed by atoms with Gasteiger partial charge in [0.2, 0.25) is 0 Å². The van der Waals surface area contributed by atoms with Gasteiger partial charge in [0, 0.05) is 17.7 Å². The maximum Gasteiger partial charge on any atom is 0.356 e. The van der Waals surface area contributed by atoms with E-state index in [0.717, 1.165) is 0 Å². The Balaban J connectivity index is 1.92. The highest BCUT2D eigenvalue weighted by molar-refractivity contribution is 6.08. The lowest BCUT2D eigenvalue weighted by molar-refractivity contribution is -0.176. The first-order chi connectivity index (χ1) is 13.2. The number of allylic oxidation sites excluding steroid dienone is 1. The van der Waals surface area contributed by atoms with Gasteiger partial charge in [0.25, 0.3) is 0 Å². The lowest BCUT2D eigenvalue weighted by Gasteiger charge is -2.18. The van der Waals surface area contributed by atoms with Crippen molar-refractivity contribution < 1.29 is 24.5 Å². The predicted octanol–water partition coefficient (Wildman–Crippen LogP) is 3.01. The van der Waals surface area contributed by atoms with Gasteiger partial charge in [-0.25, -0.2) is 9.78 Å². The minimum Gasteiger partial charge on any atom is -0.493 e. The highest BCUT2D eigenvalue weighted by Gasteiger charge is 2.12. The fourth-order valence-corrected chi connectivity index (χ4v) is 2.35. The molecule has 0 saturated carbocycles. The number of carboxylic acids is 1. The topological polar surface area (TPSA) is 129 Å². The Morgan fingerprint density at radius 1 is 1.36 bits per heavy atom. The van der Waals surface area contributed by atoms with Crippen molar-refractivity contribution in [2.45, 2.75) is 33.0 Å². The SMILES string of the molecule is Cc1[nH]c(/C=C\C(=N)c2cccc(OCCCOC(C)(C)O)c2)nc1C(=O)O. The van der Waals surface area contributed by atoms with Gasteiger partial charge < -0.3 is 30.1 Å². The number of ether oxygens (including phenoxy) is 2. The molecule has 0 aliphatic rings. The summed E-state index contributed by atoms with van der Waals surface area (Å²) in [6, 6.07) is 7.12. The van der Waals surface area contributed by atoms with Crippen LogP contribution in [0.2, 0.25) is 0 Å². The zero-order valence-electron chi connectivity index (χ0n) is 16.2. The number of hydrogen-bond acceptors (Lipinski definition) is 6. The summed E-state index contributed by atoms with van der Waals surface area (Å²) in [4.78, 5) is 17.9. The van der Waals surface area contributed by atoms with Crippen molar-refractivity contribution in [1.29, 1.82) is 5.41 Å². The van der Waals surface area contributed by atoms with Crippen LogP contribution in [0.5, 0.6) is 5.75 Å². The van der Waals surface area contributed by atoms with Crippen LogP contribution in [0.3, 0.4) is 0 Å². The third-order valence-electron chi connectivity index (χ3n) is 3.67. The number of aromatic carboxylic acids is 1. The Morgan fingerprint density at radius 2 is 2.11 bits per heavy atom. The third kappa shape index (κ3) is 6.64. The van der Waals surface area contributed by atoms with Gasteiger partial charge in [0.15, 0.2) is 11.5 Å². The van der Waals surface area contributed by atoms with Gasteiger partial charge in [0.05, 0.1) is 18.9 Å². The predicted molar refractivity (Wildman–Crippen MR) is 105 cm³/mol. The molecule has 8 heteroatoms. The molecular weight excluding hydrogens is 362 g/mol. The van der Waals surface area contributed by atoms with E-state index >= 15 is 0 Å². The molecule has 0 unspecified atom stereocenters. The number of nitrogens with one attached hydrogen (secondary N) is 2. The molecule has 4 N–H and O–H groups in total. The maximum absolute atomic E-state index is 11.0. The Kier molecular flexibility index (Phi) is 7.08. The molecule has 1 aromatic heterocycles. The zero-order valence-corrected chi connectivity index (χ0v) is 16.2. The Morgan fingerprint density at radius 3 is 2.75 bits per heavy atom. The standard InChI is InChI=1S/C20H25N3O5/c1-13-18(19(24)25)23-17(22-13)9-8-16(21)14-6-4-7-15(12-14)27-10-5-11-28-20(2,3)26/h4,6-9,12,21,26H,5,10-11H2,1-3H3,(H,22,23)(H,24,25)/b9-8-,21-16?. The van der Waals surface area contributed by atoms with Crippen molar-refractivity contribution >= 4 is 17.8 Å². The Labute approximate surface area is 163 Å². The normalized spacial score (nSPS) is 11.7. The first-order valence-electron chi connectivity index (χ1n) is 8.82. The van der Waals surface area contributed by atoms with Gasteiger partial charge in [0.1, 0.15) is 11.6 Å². The summed E-state index contributed by atoms with van der Waals surface area (Å²) in [7, 11) is 0. The number of benzene rings is 1. The molecule has 0 radical (unpaired) electrons. The summed E-state index contributed by atoms with van der Waals surface area (Å²) in [5.41, 5.74) is 1.32. The number of nitrogens with zero attached hydrogens (tertiary/aromatic N) is 1. The lowest BCUT2D eigenvalue weighted by atomic mass is 10.1. The number of aromatic nitrogens is 2. The summed E-state index contributed by atoms with van der Waals surface area (Å²) in [6.45, 7) is 5.58.